The third kappa shape index (κ3) is 6.26. The largest absolute Gasteiger partial charge is 0.491 e. The van der Waals surface area contributed by atoms with Gasteiger partial charge in [-0.25, -0.2) is 13.1 Å². The van der Waals surface area contributed by atoms with E-state index in [1.807, 2.05) is 45.0 Å². The minimum absolute atomic E-state index is 0.000990. The summed E-state index contributed by atoms with van der Waals surface area (Å²) in [6.45, 7) is 3.42. The number of carbonyl (C=O) groups excluding carboxylic acids is 1. The number of ether oxygens (including phenoxy) is 1. The van der Waals surface area contributed by atoms with Crippen molar-refractivity contribution in [3.05, 3.63) is 48.5 Å². The zero-order valence-corrected chi connectivity index (χ0v) is 16.7. The first-order valence-corrected chi connectivity index (χ1v) is 9.99. The van der Waals surface area contributed by atoms with Gasteiger partial charge in [0.1, 0.15) is 5.75 Å². The van der Waals surface area contributed by atoms with Crippen LogP contribution in [0, 0.1) is 0 Å². The number of sulfonamides is 1. The van der Waals surface area contributed by atoms with Crippen molar-refractivity contribution in [3.63, 3.8) is 0 Å². The minimum Gasteiger partial charge on any atom is -0.491 e. The highest BCUT2D eigenvalue weighted by Gasteiger charge is 2.16. The molecule has 0 unspecified atom stereocenters. The van der Waals surface area contributed by atoms with Crippen LogP contribution in [-0.2, 0) is 14.8 Å². The average Bonchev–Trinajstić information content (AvgIpc) is 2.60. The zero-order valence-electron chi connectivity index (χ0n) is 15.9. The van der Waals surface area contributed by atoms with Crippen molar-refractivity contribution < 1.29 is 17.9 Å². The number of benzene rings is 2. The third-order valence-electron chi connectivity index (χ3n) is 3.60. The molecule has 1 amide bonds. The summed E-state index contributed by atoms with van der Waals surface area (Å²) >= 11 is 0. The lowest BCUT2D eigenvalue weighted by Gasteiger charge is -2.13. The molecule has 0 heterocycles. The van der Waals surface area contributed by atoms with Crippen LogP contribution in [0.1, 0.15) is 13.8 Å². The van der Waals surface area contributed by atoms with E-state index in [1.165, 1.54) is 12.1 Å². The molecule has 27 heavy (non-hydrogen) atoms. The highest BCUT2D eigenvalue weighted by Crippen LogP contribution is 2.17. The fourth-order valence-electron chi connectivity index (χ4n) is 2.26. The van der Waals surface area contributed by atoms with Crippen molar-refractivity contribution in [3.8, 4) is 5.75 Å². The van der Waals surface area contributed by atoms with Gasteiger partial charge in [0.05, 0.1) is 17.5 Å². The van der Waals surface area contributed by atoms with Crippen LogP contribution in [0.25, 0.3) is 0 Å². The van der Waals surface area contributed by atoms with Crippen LogP contribution in [0.3, 0.4) is 0 Å². The topological polar surface area (TPSA) is 87.7 Å². The minimum atomic E-state index is -3.78. The molecular formula is C19H25N3O4S. The number of nitrogens with one attached hydrogen (secondary N) is 2. The molecule has 0 radical (unpaired) electrons. The van der Waals surface area contributed by atoms with Gasteiger partial charge in [-0.15, -0.1) is 0 Å². The van der Waals surface area contributed by atoms with Gasteiger partial charge in [-0.3, -0.25) is 4.79 Å². The zero-order chi connectivity index (χ0) is 20.0. The summed E-state index contributed by atoms with van der Waals surface area (Å²) in [6.07, 6.45) is 0.000990. The van der Waals surface area contributed by atoms with Crippen LogP contribution in [0.4, 0.5) is 11.4 Å². The highest BCUT2D eigenvalue weighted by molar-refractivity contribution is 7.89. The average molecular weight is 391 g/mol. The van der Waals surface area contributed by atoms with Crippen LogP contribution in [0.2, 0.25) is 0 Å². The second-order valence-electron chi connectivity index (χ2n) is 6.45. The SMILES string of the molecule is CC(C)Oc1ccc(S(=O)(=O)NCC(=O)Nc2ccc(N(C)C)cc2)cc1. The van der Waals surface area contributed by atoms with Gasteiger partial charge in [0.2, 0.25) is 15.9 Å². The molecule has 2 aromatic rings. The summed E-state index contributed by atoms with van der Waals surface area (Å²) in [4.78, 5) is 14.0. The predicted octanol–water partition coefficient (Wildman–Crippen LogP) is 2.46. The lowest BCUT2D eigenvalue weighted by Crippen LogP contribution is -2.32. The third-order valence-corrected chi connectivity index (χ3v) is 5.01. The van der Waals surface area contributed by atoms with Gasteiger partial charge in [-0.1, -0.05) is 0 Å². The summed E-state index contributed by atoms with van der Waals surface area (Å²) in [7, 11) is 0.0571. The molecule has 8 heteroatoms. The molecule has 146 valence electrons. The quantitative estimate of drug-likeness (QED) is 0.722. The maximum absolute atomic E-state index is 12.3. The van der Waals surface area contributed by atoms with E-state index in [1.54, 1.807) is 24.3 Å². The van der Waals surface area contributed by atoms with Crippen molar-refractivity contribution in [2.75, 3.05) is 30.9 Å². The molecule has 2 N–H and O–H groups in total. The fraction of sp³-hybridized carbons (Fsp3) is 0.316. The van der Waals surface area contributed by atoms with E-state index in [0.29, 0.717) is 11.4 Å². The normalized spacial score (nSPS) is 11.3. The summed E-state index contributed by atoms with van der Waals surface area (Å²) in [5.41, 5.74) is 1.60. The Kier molecular flexibility index (Phi) is 6.81. The second-order valence-corrected chi connectivity index (χ2v) is 8.22. The molecule has 0 fully saturated rings. The second kappa shape index (κ2) is 8.88. The molecule has 0 aromatic heterocycles. The van der Waals surface area contributed by atoms with Crippen LogP contribution in [0.15, 0.2) is 53.4 Å². The van der Waals surface area contributed by atoms with Gasteiger partial charge in [0, 0.05) is 25.5 Å². The van der Waals surface area contributed by atoms with Crippen molar-refractivity contribution in [2.45, 2.75) is 24.8 Å². The molecule has 0 aliphatic rings. The van der Waals surface area contributed by atoms with Crippen LogP contribution < -0.4 is 19.7 Å². The van der Waals surface area contributed by atoms with E-state index in [-0.39, 0.29) is 17.5 Å². The number of amides is 1. The monoisotopic (exact) mass is 391 g/mol. The number of hydrogen-bond donors (Lipinski definition) is 2. The lowest BCUT2D eigenvalue weighted by molar-refractivity contribution is -0.115. The molecule has 0 saturated heterocycles. The smallest absolute Gasteiger partial charge is 0.241 e. The van der Waals surface area contributed by atoms with Gasteiger partial charge in [0.25, 0.3) is 0 Å². The Morgan fingerprint density at radius 3 is 2.15 bits per heavy atom. The van der Waals surface area contributed by atoms with Gasteiger partial charge < -0.3 is 15.0 Å². The number of carbonyl (C=O) groups is 1. The van der Waals surface area contributed by atoms with Crippen molar-refractivity contribution in [2.24, 2.45) is 0 Å². The van der Waals surface area contributed by atoms with Gasteiger partial charge >= 0.3 is 0 Å². The summed E-state index contributed by atoms with van der Waals surface area (Å²) in [6, 6.07) is 13.3. The van der Waals surface area contributed by atoms with Gasteiger partial charge in [-0.05, 0) is 62.4 Å². The molecule has 2 aromatic carbocycles. The summed E-state index contributed by atoms with van der Waals surface area (Å²) in [5.74, 6) is 0.138. The maximum Gasteiger partial charge on any atom is 0.241 e. The Morgan fingerprint density at radius 1 is 1.04 bits per heavy atom. The van der Waals surface area contributed by atoms with Gasteiger partial charge in [0.15, 0.2) is 0 Å². The van der Waals surface area contributed by atoms with Gasteiger partial charge in [-0.2, -0.15) is 0 Å². The molecule has 0 saturated carbocycles. The van der Waals surface area contributed by atoms with E-state index in [9.17, 15) is 13.2 Å². The Hall–Kier alpha value is -2.58. The number of hydrogen-bond acceptors (Lipinski definition) is 5. The molecule has 0 spiro atoms. The maximum atomic E-state index is 12.3. The Labute approximate surface area is 160 Å². The first kappa shape index (κ1) is 20.7. The predicted molar refractivity (Wildman–Crippen MR) is 107 cm³/mol. The molecule has 0 aliphatic heterocycles. The standard InChI is InChI=1S/C19H25N3O4S/c1-14(2)26-17-9-11-18(12-10-17)27(24,25)20-13-19(23)21-15-5-7-16(8-6-15)22(3)4/h5-12,14,20H,13H2,1-4H3,(H,21,23). The first-order valence-electron chi connectivity index (χ1n) is 8.51. The number of nitrogens with zero attached hydrogens (tertiary/aromatic N) is 1. The summed E-state index contributed by atoms with van der Waals surface area (Å²) < 4.78 is 32.4. The van der Waals surface area contributed by atoms with Crippen LogP contribution in [-0.4, -0.2) is 41.1 Å². The van der Waals surface area contributed by atoms with Crippen LogP contribution in [0.5, 0.6) is 5.75 Å². The van der Waals surface area contributed by atoms with Crippen molar-refractivity contribution >= 4 is 27.3 Å². The number of anilines is 2. The van der Waals surface area contributed by atoms with Crippen molar-refractivity contribution in [1.29, 1.82) is 0 Å². The fourth-order valence-corrected chi connectivity index (χ4v) is 3.24. The molecule has 0 bridgehead atoms. The van der Waals surface area contributed by atoms with E-state index in [2.05, 4.69) is 10.0 Å². The molecule has 2 rings (SSSR count). The highest BCUT2D eigenvalue weighted by atomic mass is 32.2. The Bertz CT molecular complexity index is 861. The van der Waals surface area contributed by atoms with Crippen LogP contribution >= 0.6 is 0 Å². The first-order chi connectivity index (χ1) is 12.7. The Balaban J connectivity index is 1.92. The van der Waals surface area contributed by atoms with Crippen molar-refractivity contribution in [1.82, 2.24) is 4.72 Å². The molecule has 7 nitrogen and oxygen atoms in total. The van der Waals surface area contributed by atoms with E-state index < -0.39 is 15.9 Å². The van der Waals surface area contributed by atoms with E-state index in [0.717, 1.165) is 5.69 Å². The molecular weight excluding hydrogens is 366 g/mol. The molecule has 0 atom stereocenters. The Morgan fingerprint density at radius 2 is 1.63 bits per heavy atom. The van der Waals surface area contributed by atoms with E-state index >= 15 is 0 Å². The molecule has 0 aliphatic carbocycles. The number of rotatable bonds is 8. The van der Waals surface area contributed by atoms with E-state index in [4.69, 9.17) is 4.74 Å². The lowest BCUT2D eigenvalue weighted by atomic mass is 10.2. The summed E-state index contributed by atoms with van der Waals surface area (Å²) in [5, 5.41) is 2.66.